The lowest BCUT2D eigenvalue weighted by atomic mass is 10.1. The van der Waals surface area contributed by atoms with Gasteiger partial charge in [-0.1, -0.05) is 24.3 Å². The molecule has 110 valence electrons. The molecular formula is C16H18N2O2S. The maximum absolute atomic E-state index is 10.9. The molecule has 0 aliphatic carbocycles. The number of aromatic hydroxyl groups is 1. The van der Waals surface area contributed by atoms with Gasteiger partial charge >= 0.3 is 0 Å². The Labute approximate surface area is 128 Å². The highest BCUT2D eigenvalue weighted by molar-refractivity contribution is 8.00. The number of carbonyl (C=O) groups excluding carboxylic acids is 1. The van der Waals surface area contributed by atoms with E-state index in [2.05, 4.69) is 5.32 Å². The molecule has 0 spiro atoms. The second-order valence-corrected chi connectivity index (χ2v) is 5.73. The smallest absolute Gasteiger partial charge is 0.227 e. The van der Waals surface area contributed by atoms with Crippen LogP contribution < -0.4 is 11.1 Å². The van der Waals surface area contributed by atoms with Crippen LogP contribution in [0.5, 0.6) is 5.75 Å². The van der Waals surface area contributed by atoms with Gasteiger partial charge < -0.3 is 16.2 Å². The molecule has 21 heavy (non-hydrogen) atoms. The molecule has 4 nitrogen and oxygen atoms in total. The molecule has 0 saturated heterocycles. The number of hydrogen-bond donors (Lipinski definition) is 3. The van der Waals surface area contributed by atoms with Crippen molar-refractivity contribution in [2.75, 3.05) is 11.1 Å². The minimum Gasteiger partial charge on any atom is -0.508 e. The average molecular weight is 302 g/mol. The number of carbonyl (C=O) groups is 1. The average Bonchev–Trinajstić information content (AvgIpc) is 2.46. The first-order chi connectivity index (χ1) is 10.1. The van der Waals surface area contributed by atoms with Gasteiger partial charge in [0.2, 0.25) is 5.91 Å². The lowest BCUT2D eigenvalue weighted by molar-refractivity contribution is -0.115. The van der Waals surface area contributed by atoms with Gasteiger partial charge in [0.15, 0.2) is 0 Å². The Morgan fingerprint density at radius 1 is 1.29 bits per heavy atom. The molecule has 1 atom stereocenters. The van der Waals surface area contributed by atoms with E-state index in [4.69, 9.17) is 5.73 Å². The Morgan fingerprint density at radius 3 is 2.76 bits per heavy atom. The summed E-state index contributed by atoms with van der Waals surface area (Å²) in [7, 11) is 0. The largest absolute Gasteiger partial charge is 0.508 e. The Hall–Kier alpha value is -2.14. The predicted molar refractivity (Wildman–Crippen MR) is 86.5 cm³/mol. The molecule has 0 aliphatic heterocycles. The van der Waals surface area contributed by atoms with Gasteiger partial charge in [-0.15, -0.1) is 11.8 Å². The summed E-state index contributed by atoms with van der Waals surface area (Å²) in [6, 6.07) is 15.0. The number of thioether (sulfide) groups is 1. The van der Waals surface area contributed by atoms with Crippen molar-refractivity contribution >= 4 is 23.4 Å². The molecular weight excluding hydrogens is 284 g/mol. The maximum atomic E-state index is 10.9. The van der Waals surface area contributed by atoms with Gasteiger partial charge in [-0.3, -0.25) is 4.79 Å². The number of para-hydroxylation sites is 1. The number of nitrogens with two attached hydrogens (primary N) is 1. The van der Waals surface area contributed by atoms with Crippen LogP contribution in [-0.2, 0) is 4.79 Å². The molecule has 0 heterocycles. The zero-order valence-corrected chi connectivity index (χ0v) is 12.6. The topological polar surface area (TPSA) is 75.3 Å². The van der Waals surface area contributed by atoms with Gasteiger partial charge in [-0.25, -0.2) is 0 Å². The number of amides is 1. The fourth-order valence-electron chi connectivity index (χ4n) is 1.97. The number of anilines is 1. The van der Waals surface area contributed by atoms with Crippen LogP contribution >= 0.6 is 11.8 Å². The second-order valence-electron chi connectivity index (χ2n) is 4.71. The number of primary amides is 1. The summed E-state index contributed by atoms with van der Waals surface area (Å²) >= 11 is 1.41. The fraction of sp³-hybridized carbons (Fsp3) is 0.188. The zero-order valence-electron chi connectivity index (χ0n) is 11.7. The highest BCUT2D eigenvalue weighted by atomic mass is 32.2. The van der Waals surface area contributed by atoms with E-state index in [9.17, 15) is 9.90 Å². The van der Waals surface area contributed by atoms with E-state index < -0.39 is 0 Å². The van der Waals surface area contributed by atoms with E-state index in [1.807, 2.05) is 43.3 Å². The summed E-state index contributed by atoms with van der Waals surface area (Å²) in [5, 5.41) is 12.9. The van der Waals surface area contributed by atoms with Crippen LogP contribution in [0.4, 0.5) is 5.69 Å². The van der Waals surface area contributed by atoms with Crippen LogP contribution in [0.3, 0.4) is 0 Å². The number of rotatable bonds is 6. The molecule has 1 unspecified atom stereocenters. The molecule has 4 N–H and O–H groups in total. The summed E-state index contributed by atoms with van der Waals surface area (Å²) in [5.41, 5.74) is 7.13. The van der Waals surface area contributed by atoms with Crippen molar-refractivity contribution in [2.24, 2.45) is 5.73 Å². The molecule has 1 amide bonds. The van der Waals surface area contributed by atoms with Gasteiger partial charge in [0, 0.05) is 16.6 Å². The maximum Gasteiger partial charge on any atom is 0.227 e. The third-order valence-electron chi connectivity index (χ3n) is 3.00. The molecule has 0 aromatic heterocycles. The summed E-state index contributed by atoms with van der Waals surface area (Å²) in [6.07, 6.45) is 0. The van der Waals surface area contributed by atoms with Crippen LogP contribution in [0.25, 0.3) is 0 Å². The second kappa shape index (κ2) is 7.04. The quantitative estimate of drug-likeness (QED) is 0.717. The molecule has 0 saturated carbocycles. The van der Waals surface area contributed by atoms with E-state index >= 15 is 0 Å². The fourth-order valence-corrected chi connectivity index (χ4v) is 2.73. The van der Waals surface area contributed by atoms with Gasteiger partial charge in [-0.2, -0.15) is 0 Å². The molecule has 2 rings (SSSR count). The SMILES string of the molecule is CC(Nc1ccccc1SCC(N)=O)c1cccc(O)c1. The van der Waals surface area contributed by atoms with Crippen LogP contribution in [-0.4, -0.2) is 16.8 Å². The normalized spacial score (nSPS) is 11.9. The third kappa shape index (κ3) is 4.43. The van der Waals surface area contributed by atoms with Crippen molar-refractivity contribution in [1.29, 1.82) is 0 Å². The Kier molecular flexibility index (Phi) is 5.11. The van der Waals surface area contributed by atoms with Gasteiger partial charge in [-0.05, 0) is 36.8 Å². The van der Waals surface area contributed by atoms with E-state index in [1.165, 1.54) is 11.8 Å². The molecule has 0 aliphatic rings. The molecule has 2 aromatic rings. The van der Waals surface area contributed by atoms with Gasteiger partial charge in [0.25, 0.3) is 0 Å². The van der Waals surface area contributed by atoms with Crippen molar-refractivity contribution in [3.63, 3.8) is 0 Å². The van der Waals surface area contributed by atoms with Crippen molar-refractivity contribution < 1.29 is 9.90 Å². The van der Waals surface area contributed by atoms with Crippen molar-refractivity contribution in [1.82, 2.24) is 0 Å². The molecule has 0 fully saturated rings. The van der Waals surface area contributed by atoms with Gasteiger partial charge in [0.05, 0.1) is 5.75 Å². The summed E-state index contributed by atoms with van der Waals surface area (Å²) in [4.78, 5) is 11.9. The van der Waals surface area contributed by atoms with Crippen LogP contribution in [0.2, 0.25) is 0 Å². The zero-order chi connectivity index (χ0) is 15.2. The number of phenolic OH excluding ortho intramolecular Hbond substituents is 1. The molecule has 5 heteroatoms. The van der Waals surface area contributed by atoms with Crippen LogP contribution in [0.15, 0.2) is 53.4 Å². The summed E-state index contributed by atoms with van der Waals surface area (Å²) in [5.74, 6) is 0.160. The highest BCUT2D eigenvalue weighted by Gasteiger charge is 2.09. The Bertz CT molecular complexity index is 631. The number of phenols is 1. The first kappa shape index (κ1) is 15.3. The first-order valence-corrected chi connectivity index (χ1v) is 7.60. The summed E-state index contributed by atoms with van der Waals surface area (Å²) < 4.78 is 0. The molecule has 0 radical (unpaired) electrons. The minimum absolute atomic E-state index is 0.0347. The minimum atomic E-state index is -0.337. The monoisotopic (exact) mass is 302 g/mol. The van der Waals surface area contributed by atoms with E-state index in [0.717, 1.165) is 16.1 Å². The van der Waals surface area contributed by atoms with Crippen LogP contribution in [0.1, 0.15) is 18.5 Å². The molecule has 2 aromatic carbocycles. The number of nitrogens with one attached hydrogen (secondary N) is 1. The van der Waals surface area contributed by atoms with Gasteiger partial charge in [0.1, 0.15) is 5.75 Å². The van der Waals surface area contributed by atoms with Crippen LogP contribution in [0, 0.1) is 0 Å². The Morgan fingerprint density at radius 2 is 2.05 bits per heavy atom. The van der Waals surface area contributed by atoms with Crippen molar-refractivity contribution in [3.05, 3.63) is 54.1 Å². The van der Waals surface area contributed by atoms with E-state index in [1.54, 1.807) is 12.1 Å². The highest BCUT2D eigenvalue weighted by Crippen LogP contribution is 2.30. The van der Waals surface area contributed by atoms with Crippen molar-refractivity contribution in [2.45, 2.75) is 17.9 Å². The third-order valence-corrected chi connectivity index (χ3v) is 4.10. The van der Waals surface area contributed by atoms with E-state index in [-0.39, 0.29) is 23.5 Å². The Balaban J connectivity index is 2.13. The van der Waals surface area contributed by atoms with Crippen molar-refractivity contribution in [3.8, 4) is 5.75 Å². The standard InChI is InChI=1S/C16H18N2O2S/c1-11(12-5-4-6-13(19)9-12)18-14-7-2-3-8-15(14)21-10-16(17)20/h2-9,11,18-19H,10H2,1H3,(H2,17,20). The number of benzene rings is 2. The summed E-state index contributed by atoms with van der Waals surface area (Å²) in [6.45, 7) is 2.02. The van der Waals surface area contributed by atoms with E-state index in [0.29, 0.717) is 0 Å². The lowest BCUT2D eigenvalue weighted by Gasteiger charge is -2.18. The lowest BCUT2D eigenvalue weighted by Crippen LogP contribution is -2.13. The predicted octanol–water partition coefficient (Wildman–Crippen LogP) is 3.14. The molecule has 0 bridgehead atoms. The number of hydrogen-bond acceptors (Lipinski definition) is 4. The first-order valence-electron chi connectivity index (χ1n) is 6.62.